The molecule has 22 heavy (non-hydrogen) atoms. The Bertz CT molecular complexity index is 467. The van der Waals surface area contributed by atoms with Crippen LogP contribution in [0.15, 0.2) is 24.3 Å². The van der Waals surface area contributed by atoms with Gasteiger partial charge < -0.3 is 10.1 Å². The van der Waals surface area contributed by atoms with E-state index in [4.69, 9.17) is 4.74 Å². The minimum Gasteiger partial charge on any atom is -0.488 e. The van der Waals surface area contributed by atoms with E-state index in [2.05, 4.69) is 55.3 Å². The quantitative estimate of drug-likeness (QED) is 0.899. The van der Waals surface area contributed by atoms with Crippen LogP contribution in [0.3, 0.4) is 0 Å². The van der Waals surface area contributed by atoms with Crippen molar-refractivity contribution in [3.8, 4) is 5.75 Å². The Hall–Kier alpha value is -1.06. The molecule has 2 aliphatic rings. The average Bonchev–Trinajstić information content (AvgIpc) is 3.29. The van der Waals surface area contributed by atoms with Crippen molar-refractivity contribution in [2.45, 2.75) is 51.7 Å². The lowest BCUT2D eigenvalue weighted by molar-refractivity contribution is 0.130. The largest absolute Gasteiger partial charge is 0.488 e. The lowest BCUT2D eigenvalue weighted by Gasteiger charge is -2.35. The highest BCUT2D eigenvalue weighted by Crippen LogP contribution is 2.40. The Labute approximate surface area is 135 Å². The fourth-order valence-corrected chi connectivity index (χ4v) is 3.27. The second-order valence-corrected chi connectivity index (χ2v) is 7.76. The molecule has 1 heterocycles. The smallest absolute Gasteiger partial charge is 0.120 e. The van der Waals surface area contributed by atoms with E-state index in [1.165, 1.54) is 24.8 Å². The van der Waals surface area contributed by atoms with Gasteiger partial charge in [-0.3, -0.25) is 4.90 Å². The third-order valence-corrected chi connectivity index (χ3v) is 4.53. The summed E-state index contributed by atoms with van der Waals surface area (Å²) in [6, 6.07) is 9.41. The summed E-state index contributed by atoms with van der Waals surface area (Å²) >= 11 is 0. The number of nitrogens with zero attached hydrogens (tertiary/aromatic N) is 1. The fraction of sp³-hybridized carbons (Fsp3) is 0.684. The zero-order valence-electron chi connectivity index (χ0n) is 14.3. The lowest BCUT2D eigenvalue weighted by Crippen LogP contribution is -2.45. The van der Waals surface area contributed by atoms with E-state index in [9.17, 15) is 0 Å². The SMILES string of the molecule is CC(C)(C)Oc1ccc([C@@H](CC2CC2)N2CCNCC2)cc1. The standard InChI is InChI=1S/C19H30N2O/c1-19(2,3)22-17-8-6-16(7-9-17)18(14-15-4-5-15)21-12-10-20-11-13-21/h6-9,15,18,20H,4-5,10-14H2,1-3H3/t18-/m1/s1. The van der Waals surface area contributed by atoms with E-state index in [0.29, 0.717) is 6.04 Å². The summed E-state index contributed by atoms with van der Waals surface area (Å²) in [6.07, 6.45) is 4.17. The zero-order valence-corrected chi connectivity index (χ0v) is 14.3. The highest BCUT2D eigenvalue weighted by Gasteiger charge is 2.30. The van der Waals surface area contributed by atoms with Crippen LogP contribution in [0.1, 0.15) is 51.6 Å². The molecule has 3 nitrogen and oxygen atoms in total. The van der Waals surface area contributed by atoms with Crippen LogP contribution < -0.4 is 10.1 Å². The minimum absolute atomic E-state index is 0.131. The number of piperazine rings is 1. The summed E-state index contributed by atoms with van der Waals surface area (Å²) < 4.78 is 5.95. The number of hydrogen-bond donors (Lipinski definition) is 1. The first-order valence-corrected chi connectivity index (χ1v) is 8.75. The maximum atomic E-state index is 5.95. The second-order valence-electron chi connectivity index (χ2n) is 7.76. The van der Waals surface area contributed by atoms with Crippen LogP contribution in [-0.2, 0) is 0 Å². The van der Waals surface area contributed by atoms with Crippen LogP contribution in [0.5, 0.6) is 5.75 Å². The molecule has 122 valence electrons. The first-order valence-electron chi connectivity index (χ1n) is 8.75. The van der Waals surface area contributed by atoms with Gasteiger partial charge in [0.05, 0.1) is 0 Å². The van der Waals surface area contributed by atoms with Crippen LogP contribution in [0.4, 0.5) is 0 Å². The summed E-state index contributed by atoms with van der Waals surface area (Å²) in [7, 11) is 0. The first-order chi connectivity index (χ1) is 10.5. The van der Waals surface area contributed by atoms with Gasteiger partial charge in [-0.2, -0.15) is 0 Å². The van der Waals surface area contributed by atoms with Gasteiger partial charge in [0, 0.05) is 32.2 Å². The van der Waals surface area contributed by atoms with Crippen LogP contribution >= 0.6 is 0 Å². The fourth-order valence-electron chi connectivity index (χ4n) is 3.27. The molecule has 1 saturated carbocycles. The molecule has 0 unspecified atom stereocenters. The van der Waals surface area contributed by atoms with Crippen molar-refractivity contribution in [1.82, 2.24) is 10.2 Å². The van der Waals surface area contributed by atoms with Crippen molar-refractivity contribution in [2.24, 2.45) is 5.92 Å². The second kappa shape index (κ2) is 6.59. The van der Waals surface area contributed by atoms with Gasteiger partial charge >= 0.3 is 0 Å². The first kappa shape index (κ1) is 15.8. The third-order valence-electron chi connectivity index (χ3n) is 4.53. The normalized spacial score (nSPS) is 21.6. The molecule has 1 saturated heterocycles. The molecule has 0 spiro atoms. The predicted octanol–water partition coefficient (Wildman–Crippen LogP) is 3.61. The molecular weight excluding hydrogens is 272 g/mol. The van der Waals surface area contributed by atoms with Gasteiger partial charge in [0.25, 0.3) is 0 Å². The van der Waals surface area contributed by atoms with E-state index < -0.39 is 0 Å². The predicted molar refractivity (Wildman–Crippen MR) is 91.3 cm³/mol. The van der Waals surface area contributed by atoms with E-state index in [1.54, 1.807) is 0 Å². The van der Waals surface area contributed by atoms with Gasteiger partial charge in [0.1, 0.15) is 11.4 Å². The summed E-state index contributed by atoms with van der Waals surface area (Å²) in [5.41, 5.74) is 1.32. The van der Waals surface area contributed by atoms with Crippen molar-refractivity contribution in [2.75, 3.05) is 26.2 Å². The summed E-state index contributed by atoms with van der Waals surface area (Å²) in [6.45, 7) is 10.8. The highest BCUT2D eigenvalue weighted by atomic mass is 16.5. The van der Waals surface area contributed by atoms with E-state index in [-0.39, 0.29) is 5.60 Å². The van der Waals surface area contributed by atoms with Crippen molar-refractivity contribution >= 4 is 0 Å². The number of benzene rings is 1. The molecule has 1 aromatic rings. The molecule has 1 N–H and O–H groups in total. The molecule has 1 aromatic carbocycles. The Kier molecular flexibility index (Phi) is 4.74. The maximum absolute atomic E-state index is 5.95. The number of ether oxygens (including phenoxy) is 1. The zero-order chi connectivity index (χ0) is 15.6. The molecule has 1 atom stereocenters. The molecule has 3 heteroatoms. The van der Waals surface area contributed by atoms with Gasteiger partial charge in [-0.15, -0.1) is 0 Å². The molecular formula is C19H30N2O. The molecule has 0 bridgehead atoms. The van der Waals surface area contributed by atoms with Gasteiger partial charge in [-0.25, -0.2) is 0 Å². The Morgan fingerprint density at radius 2 is 1.77 bits per heavy atom. The van der Waals surface area contributed by atoms with Gasteiger partial charge in [0.2, 0.25) is 0 Å². The average molecular weight is 302 g/mol. The minimum atomic E-state index is -0.131. The van der Waals surface area contributed by atoms with E-state index in [0.717, 1.165) is 37.8 Å². The monoisotopic (exact) mass is 302 g/mol. The van der Waals surface area contributed by atoms with Crippen LogP contribution in [0, 0.1) is 5.92 Å². The molecule has 1 aliphatic heterocycles. The van der Waals surface area contributed by atoms with E-state index >= 15 is 0 Å². The topological polar surface area (TPSA) is 24.5 Å². The summed E-state index contributed by atoms with van der Waals surface area (Å²) in [5, 5.41) is 3.46. The maximum Gasteiger partial charge on any atom is 0.120 e. The lowest BCUT2D eigenvalue weighted by atomic mass is 9.98. The van der Waals surface area contributed by atoms with E-state index in [1.807, 2.05) is 0 Å². The van der Waals surface area contributed by atoms with Crippen molar-refractivity contribution in [3.63, 3.8) is 0 Å². The Balaban J connectivity index is 1.72. The molecule has 0 radical (unpaired) electrons. The summed E-state index contributed by atoms with van der Waals surface area (Å²) in [4.78, 5) is 2.66. The Morgan fingerprint density at radius 3 is 2.32 bits per heavy atom. The van der Waals surface area contributed by atoms with Gasteiger partial charge in [-0.1, -0.05) is 25.0 Å². The molecule has 3 rings (SSSR count). The summed E-state index contributed by atoms with van der Waals surface area (Å²) in [5.74, 6) is 1.92. The van der Waals surface area contributed by atoms with Gasteiger partial charge in [0.15, 0.2) is 0 Å². The van der Waals surface area contributed by atoms with Crippen LogP contribution in [-0.4, -0.2) is 36.7 Å². The Morgan fingerprint density at radius 1 is 1.14 bits per heavy atom. The molecule has 2 fully saturated rings. The number of hydrogen-bond acceptors (Lipinski definition) is 3. The number of rotatable bonds is 5. The van der Waals surface area contributed by atoms with Crippen LogP contribution in [0.2, 0.25) is 0 Å². The highest BCUT2D eigenvalue weighted by molar-refractivity contribution is 5.30. The van der Waals surface area contributed by atoms with Gasteiger partial charge in [-0.05, 0) is 50.8 Å². The molecule has 0 aromatic heterocycles. The molecule has 1 aliphatic carbocycles. The number of nitrogens with one attached hydrogen (secondary N) is 1. The van der Waals surface area contributed by atoms with Crippen molar-refractivity contribution < 1.29 is 4.74 Å². The van der Waals surface area contributed by atoms with Crippen LogP contribution in [0.25, 0.3) is 0 Å². The molecule has 0 amide bonds. The van der Waals surface area contributed by atoms with Crippen molar-refractivity contribution in [1.29, 1.82) is 0 Å². The third kappa shape index (κ3) is 4.47. The van der Waals surface area contributed by atoms with Crippen molar-refractivity contribution in [3.05, 3.63) is 29.8 Å².